The van der Waals surface area contributed by atoms with Crippen LogP contribution < -0.4 is 5.09 Å². The summed E-state index contributed by atoms with van der Waals surface area (Å²) in [5.74, 6) is -0.437. The van der Waals surface area contributed by atoms with Crippen molar-refractivity contribution in [3.63, 3.8) is 0 Å². The maximum atomic E-state index is 12.6. The maximum absolute atomic E-state index is 12.6. The minimum absolute atomic E-state index is 0. The van der Waals surface area contributed by atoms with Gasteiger partial charge in [0.05, 0.1) is 18.8 Å². The SMILES string of the molecule is C#CP(=O)(Nc1ccc(C(=O)OC(C)(C)C)cc1)OCCOC([CH2-])(C)C.[Mo]. The van der Waals surface area contributed by atoms with E-state index in [-0.39, 0.29) is 34.3 Å². The van der Waals surface area contributed by atoms with Crippen LogP contribution in [0.15, 0.2) is 24.3 Å². The average molecular weight is 476 g/mol. The van der Waals surface area contributed by atoms with Crippen molar-refractivity contribution < 1.29 is 44.4 Å². The van der Waals surface area contributed by atoms with E-state index in [1.807, 2.05) is 0 Å². The van der Waals surface area contributed by atoms with Crippen molar-refractivity contribution in [1.82, 2.24) is 0 Å². The molecular formula is C19H27MoNO5P-. The number of hydrogen-bond donors (Lipinski definition) is 1. The van der Waals surface area contributed by atoms with Gasteiger partial charge in [0.1, 0.15) is 5.60 Å². The first-order valence-electron chi connectivity index (χ1n) is 8.17. The van der Waals surface area contributed by atoms with Crippen LogP contribution in [0.25, 0.3) is 0 Å². The molecular weight excluding hydrogens is 449 g/mol. The predicted octanol–water partition coefficient (Wildman–Crippen LogP) is 4.48. The molecule has 1 N–H and O–H groups in total. The number of esters is 1. The molecule has 0 heterocycles. The zero-order valence-corrected chi connectivity index (χ0v) is 19.3. The average Bonchev–Trinajstić information content (AvgIpc) is 2.50. The van der Waals surface area contributed by atoms with Crippen LogP contribution in [0.2, 0.25) is 0 Å². The van der Waals surface area contributed by atoms with Gasteiger partial charge in [0.15, 0.2) is 0 Å². The van der Waals surface area contributed by atoms with E-state index < -0.39 is 24.7 Å². The van der Waals surface area contributed by atoms with Gasteiger partial charge in [-0.3, -0.25) is 4.57 Å². The Balaban J connectivity index is 0.00000676. The van der Waals surface area contributed by atoms with Crippen molar-refractivity contribution in [3.05, 3.63) is 36.8 Å². The summed E-state index contributed by atoms with van der Waals surface area (Å²) in [6, 6.07) is 6.29. The Labute approximate surface area is 176 Å². The van der Waals surface area contributed by atoms with Crippen LogP contribution in [0.5, 0.6) is 0 Å². The van der Waals surface area contributed by atoms with Crippen molar-refractivity contribution in [2.45, 2.75) is 45.8 Å². The molecule has 0 bridgehead atoms. The number of rotatable bonds is 8. The van der Waals surface area contributed by atoms with Gasteiger partial charge in [-0.2, -0.15) is 0 Å². The van der Waals surface area contributed by atoms with E-state index in [9.17, 15) is 9.36 Å². The van der Waals surface area contributed by atoms with Crippen molar-refractivity contribution in [2.75, 3.05) is 18.3 Å². The summed E-state index contributed by atoms with van der Waals surface area (Å²) in [4.78, 5) is 12.0. The molecule has 1 aromatic carbocycles. The molecule has 0 spiro atoms. The molecule has 27 heavy (non-hydrogen) atoms. The fraction of sp³-hybridized carbons (Fsp3) is 0.474. The Hall–Kier alpha value is -1.11. The molecule has 150 valence electrons. The van der Waals surface area contributed by atoms with Gasteiger partial charge < -0.3 is 26.0 Å². The van der Waals surface area contributed by atoms with Crippen LogP contribution in [-0.4, -0.2) is 30.4 Å². The molecule has 0 amide bonds. The molecule has 8 heteroatoms. The number of carbonyl (C=O) groups is 1. The molecule has 0 radical (unpaired) electrons. The molecule has 0 aliphatic carbocycles. The van der Waals surface area contributed by atoms with Crippen LogP contribution in [0.4, 0.5) is 5.69 Å². The van der Waals surface area contributed by atoms with Crippen molar-refractivity contribution >= 4 is 19.2 Å². The van der Waals surface area contributed by atoms with Gasteiger partial charge in [-0.15, -0.1) is 6.42 Å². The number of terminal acetylenes is 1. The van der Waals surface area contributed by atoms with Gasteiger partial charge >= 0.3 is 13.5 Å². The summed E-state index contributed by atoms with van der Waals surface area (Å²) < 4.78 is 28.5. The normalized spacial score (nSPS) is 13.7. The molecule has 0 fully saturated rings. The fourth-order valence-corrected chi connectivity index (χ4v) is 2.80. The molecule has 1 unspecified atom stereocenters. The Kier molecular flexibility index (Phi) is 10.0. The quantitative estimate of drug-likeness (QED) is 0.149. The van der Waals surface area contributed by atoms with Crippen LogP contribution in [-0.2, 0) is 39.6 Å². The van der Waals surface area contributed by atoms with E-state index in [1.54, 1.807) is 58.9 Å². The molecule has 0 aliphatic rings. The summed E-state index contributed by atoms with van der Waals surface area (Å²) >= 11 is 0. The number of nitrogens with one attached hydrogen (secondary N) is 1. The molecule has 1 aromatic rings. The van der Waals surface area contributed by atoms with E-state index >= 15 is 0 Å². The fourth-order valence-electron chi connectivity index (χ4n) is 1.77. The van der Waals surface area contributed by atoms with Crippen molar-refractivity contribution in [1.29, 1.82) is 0 Å². The predicted molar refractivity (Wildman–Crippen MR) is 103 cm³/mol. The maximum Gasteiger partial charge on any atom is 0.367 e. The van der Waals surface area contributed by atoms with Crippen molar-refractivity contribution in [2.24, 2.45) is 0 Å². The van der Waals surface area contributed by atoms with E-state index in [0.717, 1.165) is 0 Å². The Morgan fingerprint density at radius 1 is 1.19 bits per heavy atom. The number of anilines is 1. The van der Waals surface area contributed by atoms with Crippen LogP contribution >= 0.6 is 7.52 Å². The molecule has 0 saturated heterocycles. The standard InChI is InChI=1S/C19H27NO5P.Mo/c1-8-26(22,24-14-13-23-18(2,3)4)20-16-11-9-15(10-12-16)17(21)25-19(5,6)7;/h1,9-12H,2,13-14H2,3-7H3,(H,20,22);/q-1;. The summed E-state index contributed by atoms with van der Waals surface area (Å²) in [6.45, 7) is 13.0. The van der Waals surface area contributed by atoms with Crippen LogP contribution in [0.3, 0.4) is 0 Å². The van der Waals surface area contributed by atoms with E-state index in [4.69, 9.17) is 20.4 Å². The molecule has 0 aliphatic heterocycles. The van der Waals surface area contributed by atoms with Gasteiger partial charge in [-0.25, -0.2) is 4.79 Å². The first-order valence-corrected chi connectivity index (χ1v) is 9.79. The third kappa shape index (κ3) is 10.7. The van der Waals surface area contributed by atoms with Crippen LogP contribution in [0.1, 0.15) is 45.0 Å². The van der Waals surface area contributed by atoms with Gasteiger partial charge in [-0.05, 0) is 45.0 Å². The van der Waals surface area contributed by atoms with Gasteiger partial charge in [0.2, 0.25) is 0 Å². The Morgan fingerprint density at radius 3 is 2.19 bits per heavy atom. The largest absolute Gasteiger partial charge is 0.456 e. The zero-order valence-electron chi connectivity index (χ0n) is 16.4. The summed E-state index contributed by atoms with van der Waals surface area (Å²) in [5, 5.41) is 2.69. The molecule has 6 nitrogen and oxygen atoms in total. The Morgan fingerprint density at radius 2 is 1.74 bits per heavy atom. The summed E-state index contributed by atoms with van der Waals surface area (Å²) in [7, 11) is -3.52. The molecule has 1 rings (SSSR count). The third-order valence-corrected chi connectivity index (χ3v) is 4.25. The summed E-state index contributed by atoms with van der Waals surface area (Å²) in [5.41, 5.74) is 1.87. The van der Waals surface area contributed by atoms with E-state index in [1.165, 1.54) is 0 Å². The second-order valence-corrected chi connectivity index (χ2v) is 9.16. The smallest absolute Gasteiger partial charge is 0.367 e. The molecule has 0 aromatic heterocycles. The minimum atomic E-state index is -3.52. The topological polar surface area (TPSA) is 73.9 Å². The molecule has 1 atom stereocenters. The van der Waals surface area contributed by atoms with E-state index in [2.05, 4.69) is 17.7 Å². The Bertz CT molecular complexity index is 699. The monoisotopic (exact) mass is 478 g/mol. The number of carbonyl (C=O) groups excluding carboxylic acids is 1. The minimum Gasteiger partial charge on any atom is -0.456 e. The second kappa shape index (κ2) is 10.4. The van der Waals surface area contributed by atoms with Crippen molar-refractivity contribution in [3.8, 4) is 12.1 Å². The number of benzene rings is 1. The van der Waals surface area contributed by atoms with Gasteiger partial charge in [0, 0.05) is 32.4 Å². The zero-order chi connectivity index (χ0) is 20.0. The number of hydrogen-bond acceptors (Lipinski definition) is 5. The van der Waals surface area contributed by atoms with Gasteiger partial charge in [-0.1, -0.05) is 19.4 Å². The van der Waals surface area contributed by atoms with Gasteiger partial charge in [0.25, 0.3) is 0 Å². The first kappa shape index (κ1) is 25.9. The number of ether oxygens (including phenoxy) is 2. The van der Waals surface area contributed by atoms with E-state index in [0.29, 0.717) is 11.3 Å². The second-order valence-electron chi connectivity index (χ2n) is 7.31. The third-order valence-electron chi connectivity index (χ3n) is 2.81. The summed E-state index contributed by atoms with van der Waals surface area (Å²) in [6.07, 6.45) is 5.34. The van der Waals surface area contributed by atoms with Crippen LogP contribution in [0, 0.1) is 19.0 Å². The first-order chi connectivity index (χ1) is 11.8. The molecule has 0 saturated carbocycles.